The minimum atomic E-state index is -0.906. The number of aliphatic hydroxyl groups is 1. The highest BCUT2D eigenvalue weighted by atomic mass is 19.2. The van der Waals surface area contributed by atoms with Crippen LogP contribution in [-0.2, 0) is 11.2 Å². The molecule has 18 heavy (non-hydrogen) atoms. The molecule has 0 bridgehead atoms. The van der Waals surface area contributed by atoms with Crippen LogP contribution < -0.4 is 0 Å². The minimum Gasteiger partial charge on any atom is -0.394 e. The summed E-state index contributed by atoms with van der Waals surface area (Å²) in [6.07, 6.45) is 0.546. The third-order valence-electron chi connectivity index (χ3n) is 2.93. The molecule has 0 saturated carbocycles. The summed E-state index contributed by atoms with van der Waals surface area (Å²) in [5.74, 6) is -1.94. The highest BCUT2D eigenvalue weighted by molar-refractivity contribution is 5.76. The Hall–Kier alpha value is -1.49. The molecule has 1 rings (SSSR count). The number of likely N-dealkylation sites (N-methyl/N-ethyl adjacent to an activating group) is 1. The topological polar surface area (TPSA) is 40.5 Å². The summed E-state index contributed by atoms with van der Waals surface area (Å²) in [6, 6.07) is 3.36. The summed E-state index contributed by atoms with van der Waals surface area (Å²) in [6.45, 7) is 1.63. The molecule has 1 unspecified atom stereocenters. The summed E-state index contributed by atoms with van der Waals surface area (Å²) >= 11 is 0. The molecule has 0 radical (unpaired) electrons. The Morgan fingerprint density at radius 2 is 2.06 bits per heavy atom. The Morgan fingerprint density at radius 1 is 1.39 bits per heavy atom. The maximum atomic E-state index is 12.9. The van der Waals surface area contributed by atoms with Crippen LogP contribution in [0.3, 0.4) is 0 Å². The first-order valence-electron chi connectivity index (χ1n) is 5.76. The lowest BCUT2D eigenvalue weighted by Crippen LogP contribution is -2.37. The van der Waals surface area contributed by atoms with Crippen molar-refractivity contribution in [2.24, 2.45) is 0 Å². The van der Waals surface area contributed by atoms with E-state index in [0.29, 0.717) is 12.0 Å². The maximum absolute atomic E-state index is 12.9. The molecule has 0 aliphatic rings. The zero-order chi connectivity index (χ0) is 13.7. The van der Waals surface area contributed by atoms with E-state index >= 15 is 0 Å². The molecular formula is C13H17F2NO2. The Balaban J connectivity index is 2.54. The van der Waals surface area contributed by atoms with Crippen molar-refractivity contribution >= 4 is 5.91 Å². The number of amides is 1. The molecule has 1 amide bonds. The van der Waals surface area contributed by atoms with E-state index in [9.17, 15) is 13.6 Å². The maximum Gasteiger partial charge on any atom is 0.222 e. The van der Waals surface area contributed by atoms with Gasteiger partial charge in [0.1, 0.15) is 0 Å². The second kappa shape index (κ2) is 6.44. The monoisotopic (exact) mass is 257 g/mol. The van der Waals surface area contributed by atoms with Crippen LogP contribution >= 0.6 is 0 Å². The zero-order valence-corrected chi connectivity index (χ0v) is 10.5. The fourth-order valence-corrected chi connectivity index (χ4v) is 1.49. The van der Waals surface area contributed by atoms with Gasteiger partial charge in [0.15, 0.2) is 11.6 Å². The van der Waals surface area contributed by atoms with E-state index < -0.39 is 11.6 Å². The van der Waals surface area contributed by atoms with Crippen LogP contribution in [0, 0.1) is 11.6 Å². The van der Waals surface area contributed by atoms with Gasteiger partial charge in [-0.05, 0) is 31.0 Å². The summed E-state index contributed by atoms with van der Waals surface area (Å²) < 4.78 is 25.6. The number of rotatable bonds is 5. The van der Waals surface area contributed by atoms with Gasteiger partial charge in [0.25, 0.3) is 0 Å². The quantitative estimate of drug-likeness (QED) is 0.872. The van der Waals surface area contributed by atoms with Gasteiger partial charge in [-0.15, -0.1) is 0 Å². The largest absolute Gasteiger partial charge is 0.394 e. The average Bonchev–Trinajstić information content (AvgIpc) is 2.37. The van der Waals surface area contributed by atoms with Gasteiger partial charge in [0, 0.05) is 13.5 Å². The van der Waals surface area contributed by atoms with Crippen molar-refractivity contribution in [2.75, 3.05) is 13.7 Å². The first-order chi connectivity index (χ1) is 8.45. The lowest BCUT2D eigenvalue weighted by atomic mass is 10.1. The van der Waals surface area contributed by atoms with Gasteiger partial charge in [-0.25, -0.2) is 8.78 Å². The zero-order valence-electron chi connectivity index (χ0n) is 10.5. The van der Waals surface area contributed by atoms with Crippen molar-refractivity contribution in [2.45, 2.75) is 25.8 Å². The van der Waals surface area contributed by atoms with Gasteiger partial charge in [-0.3, -0.25) is 4.79 Å². The Morgan fingerprint density at radius 3 is 2.61 bits per heavy atom. The molecule has 0 aromatic heterocycles. The summed E-state index contributed by atoms with van der Waals surface area (Å²) in [5.41, 5.74) is 0.576. The number of aliphatic hydroxyl groups excluding tert-OH is 1. The standard InChI is InChI=1S/C13H17F2NO2/c1-9(8-17)16(2)13(18)6-4-10-3-5-11(14)12(15)7-10/h3,5,7,9,17H,4,6,8H2,1-2H3. The van der Waals surface area contributed by atoms with Crippen LogP contribution in [0.1, 0.15) is 18.9 Å². The van der Waals surface area contributed by atoms with Crippen LogP contribution in [0.2, 0.25) is 0 Å². The molecule has 0 saturated heterocycles. The van der Waals surface area contributed by atoms with Gasteiger partial charge in [0.05, 0.1) is 12.6 Å². The van der Waals surface area contributed by atoms with Crippen molar-refractivity contribution in [3.8, 4) is 0 Å². The van der Waals surface area contributed by atoms with Crippen molar-refractivity contribution < 1.29 is 18.7 Å². The molecule has 1 N–H and O–H groups in total. The van der Waals surface area contributed by atoms with E-state index in [2.05, 4.69) is 0 Å². The lowest BCUT2D eigenvalue weighted by molar-refractivity contribution is -0.132. The predicted molar refractivity (Wildman–Crippen MR) is 64.0 cm³/mol. The van der Waals surface area contributed by atoms with Gasteiger partial charge >= 0.3 is 0 Å². The van der Waals surface area contributed by atoms with E-state index in [4.69, 9.17) is 5.11 Å². The van der Waals surface area contributed by atoms with Gasteiger partial charge in [-0.1, -0.05) is 6.07 Å². The number of halogens is 2. The molecule has 1 aromatic carbocycles. The molecule has 0 heterocycles. The molecule has 0 spiro atoms. The molecule has 1 atom stereocenters. The Kier molecular flexibility index (Phi) is 5.22. The lowest BCUT2D eigenvalue weighted by Gasteiger charge is -2.23. The number of carbonyl (C=O) groups is 1. The molecule has 0 fully saturated rings. The molecule has 0 aliphatic heterocycles. The second-order valence-corrected chi connectivity index (χ2v) is 4.28. The average molecular weight is 257 g/mol. The number of benzene rings is 1. The number of carbonyl (C=O) groups excluding carboxylic acids is 1. The number of nitrogens with zero attached hydrogens (tertiary/aromatic N) is 1. The third-order valence-corrected chi connectivity index (χ3v) is 2.93. The molecule has 0 aliphatic carbocycles. The van der Waals surface area contributed by atoms with E-state index in [1.54, 1.807) is 14.0 Å². The van der Waals surface area contributed by atoms with Gasteiger partial charge < -0.3 is 10.0 Å². The third kappa shape index (κ3) is 3.77. The summed E-state index contributed by atoms with van der Waals surface area (Å²) in [7, 11) is 1.61. The fraction of sp³-hybridized carbons (Fsp3) is 0.462. The number of hydrogen-bond acceptors (Lipinski definition) is 2. The van der Waals surface area contributed by atoms with Crippen LogP contribution in [0.25, 0.3) is 0 Å². The first-order valence-corrected chi connectivity index (χ1v) is 5.76. The molecule has 100 valence electrons. The van der Waals surface area contributed by atoms with E-state index in [0.717, 1.165) is 12.1 Å². The first kappa shape index (κ1) is 14.6. The van der Waals surface area contributed by atoms with Crippen LogP contribution in [0.4, 0.5) is 8.78 Å². The van der Waals surface area contributed by atoms with Crippen molar-refractivity contribution in [1.29, 1.82) is 0 Å². The van der Waals surface area contributed by atoms with E-state index in [-0.39, 0.29) is 25.0 Å². The predicted octanol–water partition coefficient (Wildman–Crippen LogP) is 1.74. The minimum absolute atomic E-state index is 0.104. The fourth-order valence-electron chi connectivity index (χ4n) is 1.49. The van der Waals surface area contributed by atoms with E-state index in [1.165, 1.54) is 11.0 Å². The normalized spacial score (nSPS) is 12.3. The Bertz CT molecular complexity index is 423. The Labute approximate surface area is 105 Å². The van der Waals surface area contributed by atoms with Gasteiger partial charge in [0.2, 0.25) is 5.91 Å². The van der Waals surface area contributed by atoms with Gasteiger partial charge in [-0.2, -0.15) is 0 Å². The molecule has 3 nitrogen and oxygen atoms in total. The highest BCUT2D eigenvalue weighted by Crippen LogP contribution is 2.11. The summed E-state index contributed by atoms with van der Waals surface area (Å²) in [5, 5.41) is 8.92. The van der Waals surface area contributed by atoms with Crippen LogP contribution in [-0.4, -0.2) is 35.6 Å². The number of hydrogen-bond donors (Lipinski definition) is 1. The smallest absolute Gasteiger partial charge is 0.222 e. The van der Waals surface area contributed by atoms with E-state index in [1.807, 2.05) is 0 Å². The van der Waals surface area contributed by atoms with Crippen molar-refractivity contribution in [3.05, 3.63) is 35.4 Å². The molecule has 5 heteroatoms. The summed E-state index contributed by atoms with van der Waals surface area (Å²) in [4.78, 5) is 13.2. The highest BCUT2D eigenvalue weighted by Gasteiger charge is 2.14. The molecular weight excluding hydrogens is 240 g/mol. The van der Waals surface area contributed by atoms with Crippen molar-refractivity contribution in [3.63, 3.8) is 0 Å². The van der Waals surface area contributed by atoms with Crippen LogP contribution in [0.15, 0.2) is 18.2 Å². The SMILES string of the molecule is CC(CO)N(C)C(=O)CCc1ccc(F)c(F)c1. The van der Waals surface area contributed by atoms with Crippen molar-refractivity contribution in [1.82, 2.24) is 4.90 Å². The van der Waals surface area contributed by atoms with Crippen LogP contribution in [0.5, 0.6) is 0 Å². The number of aryl methyl sites for hydroxylation is 1. The second-order valence-electron chi connectivity index (χ2n) is 4.28. The molecule has 1 aromatic rings.